The summed E-state index contributed by atoms with van der Waals surface area (Å²) in [6.45, 7) is 0. The van der Waals surface area contributed by atoms with Crippen LogP contribution in [0.3, 0.4) is 0 Å². The smallest absolute Gasteiger partial charge is 0.0620 e. The molecule has 0 saturated carbocycles. The van der Waals surface area contributed by atoms with Crippen LogP contribution in [0.25, 0.3) is 93.1 Å². The number of aromatic nitrogens is 3. The molecule has 3 heteroatoms. The van der Waals surface area contributed by atoms with Crippen LogP contribution in [-0.4, -0.2) is 13.5 Å². The van der Waals surface area contributed by atoms with Gasteiger partial charge in [-0.05, 0) is 48.5 Å². The van der Waals surface area contributed by atoms with Gasteiger partial charge in [-0.25, -0.2) is 0 Å². The van der Waals surface area contributed by atoms with E-state index in [4.69, 9.17) is 0 Å². The maximum Gasteiger partial charge on any atom is 0.0620 e. The number of rotatable bonds is 2. The summed E-state index contributed by atoms with van der Waals surface area (Å²) in [5.41, 5.74) is 11.0. The first-order valence-corrected chi connectivity index (χ1v) is 15.5. The summed E-state index contributed by atoms with van der Waals surface area (Å²) in [6, 6.07) is 55.7. The lowest BCUT2D eigenvalue weighted by molar-refractivity contribution is 1.18. The van der Waals surface area contributed by atoms with E-state index >= 15 is 0 Å². The van der Waals surface area contributed by atoms with Crippen LogP contribution < -0.4 is 0 Å². The molecule has 0 N–H and O–H groups in total. The standard InChI is InChI=1S/C42H25N3/c1-5-16-36-28(10-1)29-11-2-6-17-37(29)43(36)26-20-22-32-34-14-9-15-35-33-23-21-27(25-41(33)45(42(34)35)40(32)24-26)44-38-18-7-3-12-30(38)31-13-4-8-19-39(31)44/h1-25H. The Labute approximate surface area is 257 Å². The lowest BCUT2D eigenvalue weighted by atomic mass is 10.1. The number of hydrogen-bond acceptors (Lipinski definition) is 0. The summed E-state index contributed by atoms with van der Waals surface area (Å²) in [4.78, 5) is 0. The molecule has 0 fully saturated rings. The SMILES string of the molecule is c1ccc2c(c1)c1ccccc1n2-c1ccc2c3cccc4c5ccc(-n6c7ccccc7c7ccccc76)cc5n(c2c1)c34. The third kappa shape index (κ3) is 2.90. The fourth-order valence-electron chi connectivity index (χ4n) is 8.13. The zero-order valence-corrected chi connectivity index (χ0v) is 24.3. The van der Waals surface area contributed by atoms with Gasteiger partial charge in [0.05, 0.1) is 38.6 Å². The quantitative estimate of drug-likeness (QED) is 0.196. The summed E-state index contributed by atoms with van der Waals surface area (Å²) in [5.74, 6) is 0. The maximum atomic E-state index is 2.50. The molecule has 0 aliphatic carbocycles. The predicted octanol–water partition coefficient (Wildman–Crippen LogP) is 11.0. The van der Waals surface area contributed by atoms with Gasteiger partial charge in [0.15, 0.2) is 0 Å². The highest BCUT2D eigenvalue weighted by Gasteiger charge is 2.20. The molecule has 11 aromatic rings. The molecule has 208 valence electrons. The minimum absolute atomic E-state index is 1.17. The molecule has 0 spiro atoms. The number of hydrogen-bond donors (Lipinski definition) is 0. The summed E-state index contributed by atoms with van der Waals surface area (Å²) in [7, 11) is 0. The van der Waals surface area contributed by atoms with Crippen molar-refractivity contribution in [3.8, 4) is 11.4 Å². The minimum Gasteiger partial charge on any atom is -0.309 e. The molecule has 0 aliphatic heterocycles. The molecular formula is C42H25N3. The molecule has 0 aliphatic rings. The van der Waals surface area contributed by atoms with Crippen molar-refractivity contribution >= 4 is 81.7 Å². The molecule has 0 amide bonds. The molecule has 7 aromatic carbocycles. The highest BCUT2D eigenvalue weighted by Crippen LogP contribution is 2.42. The van der Waals surface area contributed by atoms with Crippen LogP contribution in [0.1, 0.15) is 0 Å². The van der Waals surface area contributed by atoms with Crippen LogP contribution in [-0.2, 0) is 0 Å². The zero-order valence-electron chi connectivity index (χ0n) is 24.3. The number of benzene rings is 7. The van der Waals surface area contributed by atoms with E-state index < -0.39 is 0 Å². The Kier molecular flexibility index (Phi) is 4.32. The lowest BCUT2D eigenvalue weighted by Crippen LogP contribution is -1.95. The van der Waals surface area contributed by atoms with Crippen molar-refractivity contribution in [2.45, 2.75) is 0 Å². The van der Waals surface area contributed by atoms with E-state index in [1.807, 2.05) is 0 Å². The van der Waals surface area contributed by atoms with E-state index in [2.05, 4.69) is 165 Å². The van der Waals surface area contributed by atoms with Crippen LogP contribution in [0.5, 0.6) is 0 Å². The number of nitrogens with zero attached hydrogens (tertiary/aromatic N) is 3. The highest BCUT2D eigenvalue weighted by molar-refractivity contribution is 6.24. The largest absolute Gasteiger partial charge is 0.309 e. The van der Waals surface area contributed by atoms with Crippen molar-refractivity contribution in [2.75, 3.05) is 0 Å². The lowest BCUT2D eigenvalue weighted by Gasteiger charge is -2.10. The van der Waals surface area contributed by atoms with Crippen LogP contribution in [0.4, 0.5) is 0 Å². The number of fused-ring (bicyclic) bond motifs is 12. The molecule has 0 unspecified atom stereocenters. The van der Waals surface area contributed by atoms with Crippen molar-refractivity contribution in [1.82, 2.24) is 13.5 Å². The van der Waals surface area contributed by atoms with E-state index in [0.717, 1.165) is 0 Å². The van der Waals surface area contributed by atoms with Gasteiger partial charge in [-0.3, -0.25) is 0 Å². The van der Waals surface area contributed by atoms with Crippen molar-refractivity contribution in [3.05, 3.63) is 152 Å². The maximum absolute atomic E-state index is 2.50. The van der Waals surface area contributed by atoms with Gasteiger partial charge in [0.25, 0.3) is 0 Å². The van der Waals surface area contributed by atoms with Crippen LogP contribution in [0.15, 0.2) is 152 Å². The Bertz CT molecular complexity index is 2680. The number of para-hydroxylation sites is 5. The summed E-state index contributed by atoms with van der Waals surface area (Å²) >= 11 is 0. The molecule has 3 nitrogen and oxygen atoms in total. The Hall–Kier alpha value is -6.06. The van der Waals surface area contributed by atoms with E-state index in [9.17, 15) is 0 Å². The molecule has 0 bridgehead atoms. The first kappa shape index (κ1) is 23.4. The van der Waals surface area contributed by atoms with Crippen molar-refractivity contribution in [1.29, 1.82) is 0 Å². The van der Waals surface area contributed by atoms with Crippen molar-refractivity contribution in [2.24, 2.45) is 0 Å². The molecule has 0 atom stereocenters. The minimum atomic E-state index is 1.17. The first-order valence-electron chi connectivity index (χ1n) is 15.5. The van der Waals surface area contributed by atoms with Gasteiger partial charge < -0.3 is 13.5 Å². The second-order valence-corrected chi connectivity index (χ2v) is 12.2. The average molecular weight is 572 g/mol. The van der Waals surface area contributed by atoms with Gasteiger partial charge in [-0.15, -0.1) is 0 Å². The normalized spacial score (nSPS) is 12.4. The monoisotopic (exact) mass is 571 g/mol. The molecule has 45 heavy (non-hydrogen) atoms. The van der Waals surface area contributed by atoms with Gasteiger partial charge in [0.2, 0.25) is 0 Å². The highest BCUT2D eigenvalue weighted by atomic mass is 15.0. The van der Waals surface area contributed by atoms with Gasteiger partial charge in [-0.1, -0.05) is 103 Å². The van der Waals surface area contributed by atoms with Gasteiger partial charge >= 0.3 is 0 Å². The van der Waals surface area contributed by atoms with E-state index in [0.29, 0.717) is 0 Å². The van der Waals surface area contributed by atoms with Crippen LogP contribution in [0.2, 0.25) is 0 Å². The van der Waals surface area contributed by atoms with Gasteiger partial charge in [-0.2, -0.15) is 0 Å². The van der Waals surface area contributed by atoms with Crippen LogP contribution >= 0.6 is 0 Å². The van der Waals surface area contributed by atoms with Crippen molar-refractivity contribution in [3.63, 3.8) is 0 Å². The third-order valence-corrected chi connectivity index (χ3v) is 9.96. The molecule has 0 saturated heterocycles. The van der Waals surface area contributed by atoms with E-state index in [-0.39, 0.29) is 0 Å². The fraction of sp³-hybridized carbons (Fsp3) is 0. The second kappa shape index (κ2) is 8.31. The van der Waals surface area contributed by atoms with Gasteiger partial charge in [0.1, 0.15) is 0 Å². The Balaban J connectivity index is 1.26. The molecule has 0 radical (unpaired) electrons. The Morgan fingerprint density at radius 2 is 0.600 bits per heavy atom. The third-order valence-electron chi connectivity index (χ3n) is 9.96. The predicted molar refractivity (Wildman–Crippen MR) is 190 cm³/mol. The van der Waals surface area contributed by atoms with Crippen molar-refractivity contribution < 1.29 is 0 Å². The molecule has 4 heterocycles. The Morgan fingerprint density at radius 3 is 1.00 bits per heavy atom. The Morgan fingerprint density at radius 1 is 0.267 bits per heavy atom. The molecule has 4 aromatic heterocycles. The van der Waals surface area contributed by atoms with E-state index in [1.165, 1.54) is 93.1 Å². The molecule has 11 rings (SSSR count). The summed E-state index contributed by atoms with van der Waals surface area (Å²) in [5, 5.41) is 10.3. The van der Waals surface area contributed by atoms with E-state index in [1.54, 1.807) is 0 Å². The molecular weight excluding hydrogens is 546 g/mol. The van der Waals surface area contributed by atoms with Gasteiger partial charge in [0, 0.05) is 54.5 Å². The van der Waals surface area contributed by atoms with Crippen LogP contribution in [0, 0.1) is 0 Å². The first-order chi connectivity index (χ1) is 22.3. The summed E-state index contributed by atoms with van der Waals surface area (Å²) in [6.07, 6.45) is 0. The topological polar surface area (TPSA) is 14.3 Å². The average Bonchev–Trinajstić information content (AvgIpc) is 3.82. The summed E-state index contributed by atoms with van der Waals surface area (Å²) < 4.78 is 7.34. The fourth-order valence-corrected chi connectivity index (χ4v) is 8.13. The zero-order chi connectivity index (χ0) is 29.2. The second-order valence-electron chi connectivity index (χ2n) is 12.2.